The summed E-state index contributed by atoms with van der Waals surface area (Å²) in [4.78, 5) is 10.5. The van der Waals surface area contributed by atoms with Crippen LogP contribution in [0.15, 0.2) is 24.3 Å². The lowest BCUT2D eigenvalue weighted by Crippen LogP contribution is -1.99. The first-order valence-corrected chi connectivity index (χ1v) is 4.04. The van der Waals surface area contributed by atoms with Crippen LogP contribution in [-0.2, 0) is 22.7 Å². The molecule has 1 N–H and O–H groups in total. The van der Waals surface area contributed by atoms with E-state index >= 15 is 0 Å². The predicted molar refractivity (Wildman–Crippen MR) is 47.8 cm³/mol. The molecule has 0 heterocycles. The zero-order valence-electron chi connectivity index (χ0n) is 7.49. The van der Waals surface area contributed by atoms with Gasteiger partial charge in [0.15, 0.2) is 0 Å². The maximum Gasteiger partial charge on any atom is 0.302 e. The highest BCUT2D eigenvalue weighted by Gasteiger charge is 1.97. The van der Waals surface area contributed by atoms with E-state index in [1.54, 1.807) is 0 Å². The van der Waals surface area contributed by atoms with E-state index in [4.69, 9.17) is 9.84 Å². The number of carbonyl (C=O) groups excluding carboxylic acids is 1. The molecule has 0 aromatic heterocycles. The van der Waals surface area contributed by atoms with Crippen molar-refractivity contribution in [3.8, 4) is 0 Å². The number of hydrogen-bond donors (Lipinski definition) is 1. The highest BCUT2D eigenvalue weighted by molar-refractivity contribution is 5.65. The summed E-state index contributed by atoms with van der Waals surface area (Å²) in [5.74, 6) is -0.297. The van der Waals surface area contributed by atoms with Crippen LogP contribution >= 0.6 is 0 Å². The fourth-order valence-corrected chi connectivity index (χ4v) is 1.00. The van der Waals surface area contributed by atoms with Crippen LogP contribution in [0.4, 0.5) is 0 Å². The summed E-state index contributed by atoms with van der Waals surface area (Å²) >= 11 is 0. The molecule has 70 valence electrons. The smallest absolute Gasteiger partial charge is 0.302 e. The highest BCUT2D eigenvalue weighted by Crippen LogP contribution is 2.06. The molecule has 0 amide bonds. The van der Waals surface area contributed by atoms with E-state index in [1.807, 2.05) is 24.3 Å². The summed E-state index contributed by atoms with van der Waals surface area (Å²) in [6, 6.07) is 7.30. The molecule has 1 aromatic rings. The number of carbonyl (C=O) groups is 1. The Morgan fingerprint density at radius 3 is 2.77 bits per heavy atom. The minimum atomic E-state index is -0.297. The molecular weight excluding hydrogens is 168 g/mol. The molecule has 3 heteroatoms. The van der Waals surface area contributed by atoms with Gasteiger partial charge >= 0.3 is 5.97 Å². The van der Waals surface area contributed by atoms with Gasteiger partial charge in [-0.05, 0) is 11.1 Å². The fraction of sp³-hybridized carbons (Fsp3) is 0.300. The summed E-state index contributed by atoms with van der Waals surface area (Å²) in [6.07, 6.45) is 0. The van der Waals surface area contributed by atoms with Crippen LogP contribution in [0.25, 0.3) is 0 Å². The van der Waals surface area contributed by atoms with Crippen molar-refractivity contribution in [2.75, 3.05) is 0 Å². The third-order valence-corrected chi connectivity index (χ3v) is 1.62. The monoisotopic (exact) mass is 180 g/mol. The Balaban J connectivity index is 2.61. The molecule has 0 aliphatic heterocycles. The van der Waals surface area contributed by atoms with Gasteiger partial charge in [-0.3, -0.25) is 4.79 Å². The van der Waals surface area contributed by atoms with E-state index in [1.165, 1.54) is 6.92 Å². The number of aliphatic hydroxyl groups excluding tert-OH is 1. The predicted octanol–water partition coefficient (Wildman–Crippen LogP) is 1.24. The van der Waals surface area contributed by atoms with Crippen molar-refractivity contribution < 1.29 is 14.6 Å². The lowest BCUT2D eigenvalue weighted by atomic mass is 10.1. The average molecular weight is 180 g/mol. The molecule has 0 spiro atoms. The topological polar surface area (TPSA) is 46.5 Å². The number of aliphatic hydroxyl groups is 1. The first kappa shape index (κ1) is 9.74. The first-order chi connectivity index (χ1) is 6.22. The summed E-state index contributed by atoms with van der Waals surface area (Å²) < 4.78 is 4.81. The molecule has 0 bridgehead atoms. The van der Waals surface area contributed by atoms with Gasteiger partial charge in [0.1, 0.15) is 6.61 Å². The quantitative estimate of drug-likeness (QED) is 0.712. The van der Waals surface area contributed by atoms with Crippen LogP contribution in [0.1, 0.15) is 18.1 Å². The zero-order chi connectivity index (χ0) is 9.68. The van der Waals surface area contributed by atoms with Crippen molar-refractivity contribution in [3.63, 3.8) is 0 Å². The summed E-state index contributed by atoms with van der Waals surface area (Å²) in [6.45, 7) is 1.65. The van der Waals surface area contributed by atoms with Crippen molar-refractivity contribution in [1.29, 1.82) is 0 Å². The normalized spacial score (nSPS) is 9.69. The summed E-state index contributed by atoms with van der Waals surface area (Å²) in [5.41, 5.74) is 1.71. The molecule has 0 saturated heterocycles. The minimum Gasteiger partial charge on any atom is -0.461 e. The minimum absolute atomic E-state index is 0.00785. The van der Waals surface area contributed by atoms with Crippen molar-refractivity contribution in [3.05, 3.63) is 35.4 Å². The van der Waals surface area contributed by atoms with Crippen molar-refractivity contribution in [2.24, 2.45) is 0 Å². The molecule has 1 rings (SSSR count). The Hall–Kier alpha value is -1.35. The van der Waals surface area contributed by atoms with Crippen LogP contribution in [-0.4, -0.2) is 11.1 Å². The standard InChI is InChI=1S/C10H12O3/c1-8(12)13-7-10-4-2-3-9(5-10)6-11/h2-5,11H,6-7H2,1H3. The molecule has 0 aliphatic carbocycles. The summed E-state index contributed by atoms with van der Waals surface area (Å²) in [5, 5.41) is 8.83. The number of hydrogen-bond acceptors (Lipinski definition) is 3. The summed E-state index contributed by atoms with van der Waals surface area (Å²) in [7, 11) is 0. The molecule has 0 atom stereocenters. The molecular formula is C10H12O3. The molecule has 0 saturated carbocycles. The largest absolute Gasteiger partial charge is 0.461 e. The van der Waals surface area contributed by atoms with E-state index in [9.17, 15) is 4.79 Å². The first-order valence-electron chi connectivity index (χ1n) is 4.04. The van der Waals surface area contributed by atoms with Gasteiger partial charge < -0.3 is 9.84 Å². The molecule has 0 aliphatic rings. The Morgan fingerprint density at radius 1 is 1.46 bits per heavy atom. The van der Waals surface area contributed by atoms with E-state index in [-0.39, 0.29) is 19.2 Å². The maximum absolute atomic E-state index is 10.5. The van der Waals surface area contributed by atoms with Crippen molar-refractivity contribution >= 4 is 5.97 Å². The lowest BCUT2D eigenvalue weighted by molar-refractivity contribution is -0.142. The van der Waals surface area contributed by atoms with Crippen molar-refractivity contribution in [2.45, 2.75) is 20.1 Å². The zero-order valence-corrected chi connectivity index (χ0v) is 7.49. The Labute approximate surface area is 77.0 Å². The number of rotatable bonds is 3. The van der Waals surface area contributed by atoms with Gasteiger partial charge in [0.25, 0.3) is 0 Å². The van der Waals surface area contributed by atoms with E-state index in [0.29, 0.717) is 0 Å². The average Bonchev–Trinajstić information content (AvgIpc) is 2.15. The van der Waals surface area contributed by atoms with Crippen LogP contribution in [0.2, 0.25) is 0 Å². The Morgan fingerprint density at radius 2 is 2.15 bits per heavy atom. The third-order valence-electron chi connectivity index (χ3n) is 1.62. The molecule has 3 nitrogen and oxygen atoms in total. The Bertz CT molecular complexity index is 294. The molecule has 13 heavy (non-hydrogen) atoms. The number of benzene rings is 1. The van der Waals surface area contributed by atoms with Gasteiger partial charge in [-0.2, -0.15) is 0 Å². The molecule has 0 unspecified atom stereocenters. The molecule has 1 aromatic carbocycles. The number of ether oxygens (including phenoxy) is 1. The van der Waals surface area contributed by atoms with Crippen LogP contribution < -0.4 is 0 Å². The van der Waals surface area contributed by atoms with Gasteiger partial charge in [0, 0.05) is 6.92 Å². The van der Waals surface area contributed by atoms with Gasteiger partial charge in [0.05, 0.1) is 6.61 Å². The van der Waals surface area contributed by atoms with Gasteiger partial charge in [-0.1, -0.05) is 24.3 Å². The van der Waals surface area contributed by atoms with Crippen LogP contribution in [0.3, 0.4) is 0 Å². The highest BCUT2D eigenvalue weighted by atomic mass is 16.5. The second kappa shape index (κ2) is 4.62. The fourth-order valence-electron chi connectivity index (χ4n) is 1.00. The van der Waals surface area contributed by atoms with Crippen LogP contribution in [0.5, 0.6) is 0 Å². The maximum atomic E-state index is 10.5. The van der Waals surface area contributed by atoms with E-state index in [0.717, 1.165) is 11.1 Å². The van der Waals surface area contributed by atoms with E-state index in [2.05, 4.69) is 0 Å². The number of esters is 1. The van der Waals surface area contributed by atoms with Crippen LogP contribution in [0, 0.1) is 0 Å². The molecule has 0 radical (unpaired) electrons. The van der Waals surface area contributed by atoms with Gasteiger partial charge in [0.2, 0.25) is 0 Å². The third kappa shape index (κ3) is 3.25. The second-order valence-electron chi connectivity index (χ2n) is 2.76. The lowest BCUT2D eigenvalue weighted by Gasteiger charge is -2.03. The Kier molecular flexibility index (Phi) is 3.46. The van der Waals surface area contributed by atoms with E-state index < -0.39 is 0 Å². The molecule has 0 fully saturated rings. The van der Waals surface area contributed by atoms with Gasteiger partial charge in [-0.25, -0.2) is 0 Å². The SMILES string of the molecule is CC(=O)OCc1cccc(CO)c1. The second-order valence-corrected chi connectivity index (χ2v) is 2.76. The van der Waals surface area contributed by atoms with Gasteiger partial charge in [-0.15, -0.1) is 0 Å². The van der Waals surface area contributed by atoms with Crippen molar-refractivity contribution in [1.82, 2.24) is 0 Å².